The Kier molecular flexibility index (Phi) is 3.48. The molecule has 2 N–H and O–H groups in total. The minimum Gasteiger partial charge on any atom is -0.383 e. The van der Waals surface area contributed by atoms with E-state index in [1.807, 2.05) is 32.0 Å². The van der Waals surface area contributed by atoms with Crippen molar-refractivity contribution in [3.05, 3.63) is 33.8 Å². The second-order valence-electron chi connectivity index (χ2n) is 2.82. The van der Waals surface area contributed by atoms with E-state index >= 15 is 0 Å². The van der Waals surface area contributed by atoms with Crippen molar-refractivity contribution in [3.8, 4) is 0 Å². The van der Waals surface area contributed by atoms with Gasteiger partial charge in [-0.3, -0.25) is 4.99 Å². The fourth-order valence-corrected chi connectivity index (χ4v) is 1.49. The lowest BCUT2D eigenvalue weighted by Crippen LogP contribution is -2.15. The van der Waals surface area contributed by atoms with E-state index in [0.717, 1.165) is 22.1 Å². The van der Waals surface area contributed by atoms with Crippen molar-refractivity contribution in [3.63, 3.8) is 0 Å². The van der Waals surface area contributed by atoms with Gasteiger partial charge in [0.2, 0.25) is 0 Å². The molecule has 0 spiro atoms. The Labute approximate surface area is 87.0 Å². The summed E-state index contributed by atoms with van der Waals surface area (Å²) >= 11 is 3.41. The highest BCUT2D eigenvalue weighted by Crippen LogP contribution is 2.15. The molecule has 0 amide bonds. The number of aryl methyl sites for hydroxylation is 1. The maximum atomic E-state index is 5.80. The van der Waals surface area contributed by atoms with Crippen LogP contribution in [0.1, 0.15) is 18.1 Å². The van der Waals surface area contributed by atoms with Gasteiger partial charge in [0.15, 0.2) is 0 Å². The number of halogens is 1. The molecule has 13 heavy (non-hydrogen) atoms. The molecular formula is C10H13BrN2. The fraction of sp³-hybridized carbons (Fsp3) is 0.300. The number of nitrogens with two attached hydrogens (primary N) is 1. The van der Waals surface area contributed by atoms with Gasteiger partial charge in [0, 0.05) is 16.6 Å². The van der Waals surface area contributed by atoms with Crippen molar-refractivity contribution in [1.82, 2.24) is 0 Å². The van der Waals surface area contributed by atoms with Crippen LogP contribution in [0.2, 0.25) is 0 Å². The minimum atomic E-state index is 0.612. The molecule has 70 valence electrons. The molecule has 1 aromatic rings. The number of aliphatic imine (C=N–C) groups is 1. The van der Waals surface area contributed by atoms with E-state index in [1.54, 1.807) is 0 Å². The summed E-state index contributed by atoms with van der Waals surface area (Å²) in [5, 5.41) is 0. The summed E-state index contributed by atoms with van der Waals surface area (Å²) in [7, 11) is 0. The Morgan fingerprint density at radius 3 is 2.85 bits per heavy atom. The molecule has 1 rings (SSSR count). The molecule has 0 radical (unpaired) electrons. The van der Waals surface area contributed by atoms with Gasteiger partial charge in [0.05, 0.1) is 0 Å². The van der Waals surface area contributed by atoms with Gasteiger partial charge < -0.3 is 5.73 Å². The normalized spacial score (nSPS) is 11.8. The van der Waals surface area contributed by atoms with E-state index < -0.39 is 0 Å². The summed E-state index contributed by atoms with van der Waals surface area (Å²) in [5.74, 6) is 0.612. The summed E-state index contributed by atoms with van der Waals surface area (Å²) in [5.41, 5.74) is 7.97. The third-order valence-electron chi connectivity index (χ3n) is 1.80. The number of benzene rings is 1. The molecule has 0 fully saturated rings. The number of hydrogen-bond acceptors (Lipinski definition) is 1. The Morgan fingerprint density at radius 2 is 2.23 bits per heavy atom. The fourth-order valence-electron chi connectivity index (χ4n) is 1.13. The van der Waals surface area contributed by atoms with E-state index in [-0.39, 0.29) is 0 Å². The maximum Gasteiger partial charge on any atom is 0.125 e. The monoisotopic (exact) mass is 240 g/mol. The molecule has 0 heterocycles. The van der Waals surface area contributed by atoms with Gasteiger partial charge >= 0.3 is 0 Å². The molecule has 2 nitrogen and oxygen atoms in total. The number of nitrogens with zero attached hydrogens (tertiary/aromatic N) is 1. The molecular weight excluding hydrogens is 228 g/mol. The Morgan fingerprint density at radius 1 is 1.54 bits per heavy atom. The second kappa shape index (κ2) is 4.42. The molecule has 0 aliphatic heterocycles. The molecule has 1 aromatic carbocycles. The predicted octanol–water partition coefficient (Wildman–Crippen LogP) is 2.48. The lowest BCUT2D eigenvalue weighted by Gasteiger charge is -2.05. The quantitative estimate of drug-likeness (QED) is 0.627. The smallest absolute Gasteiger partial charge is 0.125 e. The topological polar surface area (TPSA) is 38.4 Å². The second-order valence-corrected chi connectivity index (χ2v) is 3.73. The van der Waals surface area contributed by atoms with Gasteiger partial charge in [0.1, 0.15) is 5.84 Å². The van der Waals surface area contributed by atoms with E-state index in [2.05, 4.69) is 20.9 Å². The van der Waals surface area contributed by atoms with Crippen molar-refractivity contribution in [1.29, 1.82) is 0 Å². The van der Waals surface area contributed by atoms with Gasteiger partial charge in [-0.05, 0) is 31.5 Å². The molecule has 0 aliphatic rings. The molecule has 0 aromatic heterocycles. The minimum absolute atomic E-state index is 0.612. The largest absolute Gasteiger partial charge is 0.383 e. The standard InChI is InChI=1S/C10H13BrN2/c1-3-13-10(12)9-6-8(11)5-4-7(9)2/h4-6H,3H2,1-2H3,(H2,12,13). The van der Waals surface area contributed by atoms with Crippen LogP contribution in [0.15, 0.2) is 27.7 Å². The first-order chi connectivity index (χ1) is 6.15. The van der Waals surface area contributed by atoms with Crippen molar-refractivity contribution >= 4 is 21.8 Å². The zero-order valence-corrected chi connectivity index (χ0v) is 9.43. The van der Waals surface area contributed by atoms with Crippen LogP contribution < -0.4 is 5.73 Å². The molecule has 3 heteroatoms. The SMILES string of the molecule is CCN=C(N)c1cc(Br)ccc1C. The highest BCUT2D eigenvalue weighted by Gasteiger charge is 2.02. The summed E-state index contributed by atoms with van der Waals surface area (Å²) in [6.07, 6.45) is 0. The highest BCUT2D eigenvalue weighted by molar-refractivity contribution is 9.10. The van der Waals surface area contributed by atoms with E-state index in [1.165, 1.54) is 0 Å². The Balaban J connectivity index is 3.13. The first-order valence-corrected chi connectivity index (χ1v) is 5.01. The average molecular weight is 241 g/mol. The van der Waals surface area contributed by atoms with Gasteiger partial charge in [-0.25, -0.2) is 0 Å². The van der Waals surface area contributed by atoms with Gasteiger partial charge in [0.25, 0.3) is 0 Å². The van der Waals surface area contributed by atoms with Crippen LogP contribution in [-0.2, 0) is 0 Å². The summed E-state index contributed by atoms with van der Waals surface area (Å²) < 4.78 is 1.03. The molecule has 0 unspecified atom stereocenters. The van der Waals surface area contributed by atoms with Crippen LogP contribution in [-0.4, -0.2) is 12.4 Å². The first-order valence-electron chi connectivity index (χ1n) is 4.21. The average Bonchev–Trinajstić information content (AvgIpc) is 2.09. The van der Waals surface area contributed by atoms with Crippen molar-refractivity contribution in [2.24, 2.45) is 10.7 Å². The molecule has 0 saturated heterocycles. The van der Waals surface area contributed by atoms with Gasteiger partial charge in [-0.1, -0.05) is 22.0 Å². The lowest BCUT2D eigenvalue weighted by atomic mass is 10.1. The molecule has 0 saturated carbocycles. The lowest BCUT2D eigenvalue weighted by molar-refractivity contribution is 1.12. The summed E-state index contributed by atoms with van der Waals surface area (Å²) in [6.45, 7) is 4.72. The van der Waals surface area contributed by atoms with E-state index in [0.29, 0.717) is 5.84 Å². The maximum absolute atomic E-state index is 5.80. The summed E-state index contributed by atoms with van der Waals surface area (Å²) in [4.78, 5) is 4.17. The third kappa shape index (κ3) is 2.56. The third-order valence-corrected chi connectivity index (χ3v) is 2.30. The van der Waals surface area contributed by atoms with Crippen LogP contribution in [0.25, 0.3) is 0 Å². The van der Waals surface area contributed by atoms with Crippen LogP contribution in [0, 0.1) is 6.92 Å². The van der Waals surface area contributed by atoms with Crippen LogP contribution >= 0.6 is 15.9 Å². The highest BCUT2D eigenvalue weighted by atomic mass is 79.9. The Bertz CT molecular complexity index is 332. The van der Waals surface area contributed by atoms with Crippen molar-refractivity contribution in [2.75, 3.05) is 6.54 Å². The van der Waals surface area contributed by atoms with Crippen molar-refractivity contribution in [2.45, 2.75) is 13.8 Å². The number of rotatable bonds is 2. The van der Waals surface area contributed by atoms with Crippen molar-refractivity contribution < 1.29 is 0 Å². The zero-order chi connectivity index (χ0) is 9.84. The zero-order valence-electron chi connectivity index (χ0n) is 7.84. The summed E-state index contributed by atoms with van der Waals surface area (Å²) in [6, 6.07) is 6.01. The van der Waals surface area contributed by atoms with E-state index in [9.17, 15) is 0 Å². The predicted molar refractivity (Wildman–Crippen MR) is 60.1 cm³/mol. The van der Waals surface area contributed by atoms with Gasteiger partial charge in [-0.15, -0.1) is 0 Å². The molecule has 0 bridgehead atoms. The van der Waals surface area contributed by atoms with Crippen LogP contribution in [0.4, 0.5) is 0 Å². The van der Waals surface area contributed by atoms with Gasteiger partial charge in [-0.2, -0.15) is 0 Å². The molecule has 0 atom stereocenters. The van der Waals surface area contributed by atoms with E-state index in [4.69, 9.17) is 5.73 Å². The van der Waals surface area contributed by atoms with Crippen LogP contribution in [0.3, 0.4) is 0 Å². The number of hydrogen-bond donors (Lipinski definition) is 1. The Hall–Kier alpha value is -0.830. The molecule has 0 aliphatic carbocycles. The van der Waals surface area contributed by atoms with Crippen LogP contribution in [0.5, 0.6) is 0 Å². The number of amidine groups is 1. The first kappa shape index (κ1) is 10.3.